The standard InChI is InChI=1S/C21H33NO6S2/c1-19(2,3)28-18(23)22-21(6)13-12-15(20(21,4)5)14-30(26,27)17-10-8-16(9-11-17)29(7,24)25/h8-11,15H,12-14H2,1-7H3,(H,22,23)/t15-,21-/m1/s1. The summed E-state index contributed by atoms with van der Waals surface area (Å²) in [7, 11) is -7.02. The van der Waals surface area contributed by atoms with Crippen molar-refractivity contribution >= 4 is 25.8 Å². The van der Waals surface area contributed by atoms with Gasteiger partial charge >= 0.3 is 6.09 Å². The first-order valence-electron chi connectivity index (χ1n) is 9.91. The van der Waals surface area contributed by atoms with Crippen LogP contribution < -0.4 is 5.32 Å². The Morgan fingerprint density at radius 1 is 1.07 bits per heavy atom. The van der Waals surface area contributed by atoms with E-state index in [2.05, 4.69) is 5.32 Å². The maximum atomic E-state index is 13.0. The maximum Gasteiger partial charge on any atom is 0.408 e. The number of rotatable bonds is 5. The lowest BCUT2D eigenvalue weighted by atomic mass is 9.72. The molecule has 7 nitrogen and oxygen atoms in total. The number of amides is 1. The third-order valence-corrected chi connectivity index (χ3v) is 9.20. The highest BCUT2D eigenvalue weighted by Gasteiger charge is 2.53. The van der Waals surface area contributed by atoms with Crippen molar-refractivity contribution in [3.8, 4) is 0 Å². The van der Waals surface area contributed by atoms with Crippen molar-refractivity contribution in [2.45, 2.75) is 75.3 Å². The van der Waals surface area contributed by atoms with Gasteiger partial charge in [-0.2, -0.15) is 0 Å². The first-order chi connectivity index (χ1) is 13.4. The van der Waals surface area contributed by atoms with E-state index in [1.807, 2.05) is 20.8 Å². The van der Waals surface area contributed by atoms with Crippen LogP contribution in [0.4, 0.5) is 4.79 Å². The Labute approximate surface area is 180 Å². The van der Waals surface area contributed by atoms with E-state index in [9.17, 15) is 21.6 Å². The summed E-state index contributed by atoms with van der Waals surface area (Å²) in [6.07, 6.45) is 1.83. The van der Waals surface area contributed by atoms with Crippen molar-refractivity contribution in [1.29, 1.82) is 0 Å². The van der Waals surface area contributed by atoms with Crippen molar-refractivity contribution in [3.05, 3.63) is 24.3 Å². The quantitative estimate of drug-likeness (QED) is 0.721. The predicted molar refractivity (Wildman–Crippen MR) is 116 cm³/mol. The molecule has 2 rings (SSSR count). The molecule has 1 aromatic carbocycles. The molecule has 0 spiro atoms. The highest BCUT2D eigenvalue weighted by Crippen LogP contribution is 2.51. The van der Waals surface area contributed by atoms with Gasteiger partial charge in [0, 0.05) is 11.8 Å². The molecule has 1 aliphatic carbocycles. The van der Waals surface area contributed by atoms with Gasteiger partial charge in [0.25, 0.3) is 0 Å². The van der Waals surface area contributed by atoms with Gasteiger partial charge in [0.05, 0.1) is 15.5 Å². The zero-order chi connectivity index (χ0) is 23.2. The van der Waals surface area contributed by atoms with E-state index in [1.54, 1.807) is 20.8 Å². The van der Waals surface area contributed by atoms with Gasteiger partial charge in [0.2, 0.25) is 0 Å². The van der Waals surface area contributed by atoms with Gasteiger partial charge in [0.15, 0.2) is 19.7 Å². The summed E-state index contributed by atoms with van der Waals surface area (Å²) >= 11 is 0. The molecular weight excluding hydrogens is 426 g/mol. The third-order valence-electron chi connectivity index (χ3n) is 6.24. The van der Waals surface area contributed by atoms with E-state index in [1.165, 1.54) is 24.3 Å². The van der Waals surface area contributed by atoms with E-state index in [0.29, 0.717) is 12.8 Å². The van der Waals surface area contributed by atoms with Crippen LogP contribution in [0.25, 0.3) is 0 Å². The number of sulfone groups is 2. The summed E-state index contributed by atoms with van der Waals surface area (Å²) in [6, 6.07) is 5.31. The van der Waals surface area contributed by atoms with Crippen LogP contribution in [0.3, 0.4) is 0 Å². The largest absolute Gasteiger partial charge is 0.444 e. The molecule has 30 heavy (non-hydrogen) atoms. The number of alkyl carbamates (subject to hydrolysis) is 1. The van der Waals surface area contributed by atoms with Crippen molar-refractivity contribution in [2.24, 2.45) is 11.3 Å². The molecule has 0 aromatic heterocycles. The van der Waals surface area contributed by atoms with Crippen LogP contribution in [0.5, 0.6) is 0 Å². The number of nitrogens with one attached hydrogen (secondary N) is 1. The third kappa shape index (κ3) is 5.35. The highest BCUT2D eigenvalue weighted by molar-refractivity contribution is 7.91. The molecule has 2 atom stereocenters. The van der Waals surface area contributed by atoms with Gasteiger partial charge in [-0.05, 0) is 76.1 Å². The molecule has 0 aliphatic heterocycles. The number of ether oxygens (including phenoxy) is 1. The lowest BCUT2D eigenvalue weighted by Crippen LogP contribution is -2.55. The van der Waals surface area contributed by atoms with E-state index >= 15 is 0 Å². The second-order valence-electron chi connectivity index (χ2n) is 9.94. The average Bonchev–Trinajstić information content (AvgIpc) is 2.75. The summed E-state index contributed by atoms with van der Waals surface area (Å²) in [5, 5.41) is 2.96. The maximum absolute atomic E-state index is 13.0. The number of hydrogen-bond acceptors (Lipinski definition) is 6. The fraction of sp³-hybridized carbons (Fsp3) is 0.667. The van der Waals surface area contributed by atoms with Crippen LogP contribution in [-0.2, 0) is 24.4 Å². The second-order valence-corrected chi connectivity index (χ2v) is 14.0. The van der Waals surface area contributed by atoms with Gasteiger partial charge in [-0.1, -0.05) is 13.8 Å². The minimum Gasteiger partial charge on any atom is -0.444 e. The Kier molecular flexibility index (Phi) is 6.43. The van der Waals surface area contributed by atoms with Crippen LogP contribution in [-0.4, -0.2) is 46.1 Å². The Bertz CT molecular complexity index is 1000. The molecule has 1 aliphatic rings. The normalized spacial score (nSPS) is 24.4. The summed E-state index contributed by atoms with van der Waals surface area (Å²) in [5.41, 5.74) is -1.73. The van der Waals surface area contributed by atoms with Crippen LogP contribution in [0.2, 0.25) is 0 Å². The van der Waals surface area contributed by atoms with Gasteiger partial charge in [-0.3, -0.25) is 0 Å². The van der Waals surface area contributed by atoms with Crippen molar-refractivity contribution in [1.82, 2.24) is 5.32 Å². The topological polar surface area (TPSA) is 107 Å². The zero-order valence-electron chi connectivity index (χ0n) is 18.8. The number of hydrogen-bond donors (Lipinski definition) is 1. The molecule has 170 valence electrons. The molecule has 1 aromatic rings. The molecule has 0 unspecified atom stereocenters. The lowest BCUT2D eigenvalue weighted by Gasteiger charge is -2.42. The smallest absolute Gasteiger partial charge is 0.408 e. The first-order valence-corrected chi connectivity index (χ1v) is 13.5. The first kappa shape index (κ1) is 24.7. The number of carbonyl (C=O) groups is 1. The number of carbonyl (C=O) groups excluding carboxylic acids is 1. The molecule has 1 N–H and O–H groups in total. The predicted octanol–water partition coefficient (Wildman–Crippen LogP) is 3.58. The van der Waals surface area contributed by atoms with Crippen molar-refractivity contribution < 1.29 is 26.4 Å². The van der Waals surface area contributed by atoms with Crippen LogP contribution in [0.1, 0.15) is 54.4 Å². The van der Waals surface area contributed by atoms with Crippen LogP contribution >= 0.6 is 0 Å². The lowest BCUT2D eigenvalue weighted by molar-refractivity contribution is 0.0360. The van der Waals surface area contributed by atoms with Gasteiger partial charge in [-0.15, -0.1) is 0 Å². The Hall–Kier alpha value is -1.61. The van der Waals surface area contributed by atoms with E-state index in [-0.39, 0.29) is 21.5 Å². The van der Waals surface area contributed by atoms with Crippen molar-refractivity contribution in [3.63, 3.8) is 0 Å². The molecule has 9 heteroatoms. The van der Waals surface area contributed by atoms with Gasteiger partial charge < -0.3 is 10.1 Å². The van der Waals surface area contributed by atoms with Gasteiger partial charge in [-0.25, -0.2) is 21.6 Å². The zero-order valence-corrected chi connectivity index (χ0v) is 20.4. The van der Waals surface area contributed by atoms with E-state index in [4.69, 9.17) is 4.74 Å². The second kappa shape index (κ2) is 7.82. The SMILES string of the molecule is CC(C)(C)OC(=O)N[C@]1(C)CC[C@H](CS(=O)(=O)c2ccc(S(C)(=O)=O)cc2)C1(C)C. The Morgan fingerprint density at radius 3 is 2.03 bits per heavy atom. The minimum absolute atomic E-state index is 0.0796. The highest BCUT2D eigenvalue weighted by atomic mass is 32.2. The summed E-state index contributed by atoms with van der Waals surface area (Å²) in [6.45, 7) is 11.2. The van der Waals surface area contributed by atoms with Crippen molar-refractivity contribution in [2.75, 3.05) is 12.0 Å². The molecule has 1 amide bonds. The summed E-state index contributed by atoms with van der Waals surface area (Å²) in [4.78, 5) is 12.5. The Balaban J connectivity index is 2.20. The van der Waals surface area contributed by atoms with E-state index in [0.717, 1.165) is 6.26 Å². The fourth-order valence-electron chi connectivity index (χ4n) is 3.90. The monoisotopic (exact) mass is 459 g/mol. The fourth-order valence-corrected chi connectivity index (χ4v) is 6.38. The Morgan fingerprint density at radius 2 is 1.57 bits per heavy atom. The summed E-state index contributed by atoms with van der Waals surface area (Å²) < 4.78 is 54.6. The molecular formula is C21H33NO6S2. The minimum atomic E-state index is -3.62. The number of benzene rings is 1. The van der Waals surface area contributed by atoms with E-state index < -0.39 is 42.3 Å². The molecule has 0 bridgehead atoms. The van der Waals surface area contributed by atoms with Gasteiger partial charge in [0.1, 0.15) is 5.60 Å². The molecule has 1 saturated carbocycles. The van der Waals surface area contributed by atoms with Crippen LogP contribution in [0.15, 0.2) is 34.1 Å². The molecule has 0 radical (unpaired) electrons. The summed E-state index contributed by atoms with van der Waals surface area (Å²) in [5.74, 6) is -0.263. The molecule has 1 fully saturated rings. The molecule has 0 heterocycles. The van der Waals surface area contributed by atoms with Crippen LogP contribution in [0, 0.1) is 11.3 Å². The average molecular weight is 460 g/mol. The molecule has 0 saturated heterocycles.